The Bertz CT molecular complexity index is 499. The third-order valence-electron chi connectivity index (χ3n) is 2.21. The van der Waals surface area contributed by atoms with Crippen molar-refractivity contribution in [1.29, 1.82) is 0 Å². The number of nitrogen functional groups attached to an aromatic ring is 1. The molecule has 1 aromatic carbocycles. The molecule has 0 amide bonds. The highest BCUT2D eigenvalue weighted by Crippen LogP contribution is 2.46. The number of halogens is 6. The smallest absolute Gasteiger partial charge is 0.456 e. The summed E-state index contributed by atoms with van der Waals surface area (Å²) in [5, 5.41) is 8.59. The summed E-state index contributed by atoms with van der Waals surface area (Å²) in [6.07, 6.45) is -9.84. The van der Waals surface area contributed by atoms with Gasteiger partial charge in [-0.25, -0.2) is 9.18 Å². The summed E-state index contributed by atoms with van der Waals surface area (Å²) < 4.78 is 74.9. The molecule has 0 heterocycles. The van der Waals surface area contributed by atoms with Crippen molar-refractivity contribution in [1.82, 2.24) is 0 Å². The van der Waals surface area contributed by atoms with E-state index < -0.39 is 41.1 Å². The Morgan fingerprint density at radius 1 is 1.16 bits per heavy atom. The van der Waals surface area contributed by atoms with Crippen molar-refractivity contribution >= 4 is 11.7 Å². The number of nitrogens with two attached hydrogens (primary N) is 1. The van der Waals surface area contributed by atoms with E-state index in [1.165, 1.54) is 0 Å². The molecular weight excluding hydrogens is 280 g/mol. The molecule has 0 fully saturated rings. The van der Waals surface area contributed by atoms with Crippen LogP contribution in [0.25, 0.3) is 0 Å². The van der Waals surface area contributed by atoms with Crippen molar-refractivity contribution in [3.63, 3.8) is 0 Å². The van der Waals surface area contributed by atoms with E-state index >= 15 is 0 Å². The van der Waals surface area contributed by atoms with Crippen molar-refractivity contribution in [2.45, 2.75) is 18.3 Å². The average molecular weight is 287 g/mol. The quantitative estimate of drug-likeness (QED) is 0.663. The Morgan fingerprint density at radius 2 is 1.68 bits per heavy atom. The van der Waals surface area contributed by atoms with Crippen LogP contribution in [0.5, 0.6) is 0 Å². The molecule has 1 atom stereocenters. The molecule has 1 unspecified atom stereocenters. The Morgan fingerprint density at radius 3 is 2.11 bits per heavy atom. The molecule has 0 aromatic heterocycles. The van der Waals surface area contributed by atoms with Gasteiger partial charge < -0.3 is 10.8 Å². The van der Waals surface area contributed by atoms with Crippen molar-refractivity contribution in [3.8, 4) is 0 Å². The normalized spacial score (nSPS) is 14.2. The minimum atomic E-state index is -6.10. The van der Waals surface area contributed by atoms with Crippen molar-refractivity contribution in [2.24, 2.45) is 0 Å². The first-order chi connectivity index (χ1) is 8.46. The highest BCUT2D eigenvalue weighted by Gasteiger charge is 2.63. The second kappa shape index (κ2) is 4.63. The molecular formula is C10H7F6NO2. The van der Waals surface area contributed by atoms with E-state index in [1.54, 1.807) is 0 Å². The standard InChI is InChI=1S/C10H7F6NO2/c11-7(9(12,13)10(14,15)16)4-1-5(8(18)19)3-6(17)2-4/h1-3,7H,17H2,(H,18,19). The molecule has 0 aliphatic heterocycles. The summed E-state index contributed by atoms with van der Waals surface area (Å²) in [5.41, 5.74) is 2.86. The molecule has 0 spiro atoms. The highest BCUT2D eigenvalue weighted by molar-refractivity contribution is 5.89. The number of rotatable bonds is 3. The van der Waals surface area contributed by atoms with Gasteiger partial charge in [-0.1, -0.05) is 0 Å². The second-order valence-corrected chi connectivity index (χ2v) is 3.68. The zero-order valence-corrected chi connectivity index (χ0v) is 9.01. The first-order valence-corrected chi connectivity index (χ1v) is 4.69. The van der Waals surface area contributed by atoms with E-state index in [2.05, 4.69) is 0 Å². The molecule has 3 nitrogen and oxygen atoms in total. The van der Waals surface area contributed by atoms with Gasteiger partial charge in [-0.3, -0.25) is 0 Å². The molecule has 0 aliphatic rings. The third-order valence-corrected chi connectivity index (χ3v) is 2.21. The SMILES string of the molecule is Nc1cc(C(=O)O)cc(C(F)C(F)(F)C(F)(F)F)c1. The molecule has 0 radical (unpaired) electrons. The molecule has 106 valence electrons. The van der Waals surface area contributed by atoms with Crippen molar-refractivity contribution < 1.29 is 36.2 Å². The van der Waals surface area contributed by atoms with Crippen LogP contribution in [-0.2, 0) is 0 Å². The maximum atomic E-state index is 13.3. The molecule has 0 saturated carbocycles. The Kier molecular flexibility index (Phi) is 3.69. The fourth-order valence-corrected chi connectivity index (χ4v) is 1.30. The maximum Gasteiger partial charge on any atom is 0.456 e. The third kappa shape index (κ3) is 2.91. The molecule has 0 saturated heterocycles. The fraction of sp³-hybridized carbons (Fsp3) is 0.300. The van der Waals surface area contributed by atoms with Crippen molar-refractivity contribution in [3.05, 3.63) is 29.3 Å². The van der Waals surface area contributed by atoms with E-state index in [1.807, 2.05) is 0 Å². The van der Waals surface area contributed by atoms with E-state index in [0.717, 1.165) is 6.07 Å². The van der Waals surface area contributed by atoms with Crippen LogP contribution in [-0.4, -0.2) is 23.2 Å². The van der Waals surface area contributed by atoms with Crippen LogP contribution in [0.15, 0.2) is 18.2 Å². The van der Waals surface area contributed by atoms with Crippen LogP contribution in [0.4, 0.5) is 32.0 Å². The molecule has 1 rings (SSSR count). The maximum absolute atomic E-state index is 13.3. The zero-order valence-electron chi connectivity index (χ0n) is 9.01. The molecule has 3 N–H and O–H groups in total. The lowest BCUT2D eigenvalue weighted by molar-refractivity contribution is -0.305. The van der Waals surface area contributed by atoms with Crippen molar-refractivity contribution in [2.75, 3.05) is 5.73 Å². The van der Waals surface area contributed by atoms with Gasteiger partial charge in [0.15, 0.2) is 6.17 Å². The lowest BCUT2D eigenvalue weighted by atomic mass is 10.0. The number of hydrogen-bond donors (Lipinski definition) is 2. The minimum absolute atomic E-state index is 0.378. The summed E-state index contributed by atoms with van der Waals surface area (Å²) >= 11 is 0. The topological polar surface area (TPSA) is 63.3 Å². The molecule has 9 heteroatoms. The largest absolute Gasteiger partial charge is 0.478 e. The number of aromatic carboxylic acids is 1. The number of carboxylic acids is 1. The van der Waals surface area contributed by atoms with E-state index in [9.17, 15) is 31.1 Å². The monoisotopic (exact) mass is 287 g/mol. The summed E-state index contributed by atoms with van der Waals surface area (Å²) in [5.74, 6) is -7.27. The Labute approximate surface area is 102 Å². The lowest BCUT2D eigenvalue weighted by Gasteiger charge is -2.23. The number of anilines is 1. The predicted molar refractivity (Wildman–Crippen MR) is 52.7 cm³/mol. The van der Waals surface area contributed by atoms with Gasteiger partial charge in [-0.15, -0.1) is 0 Å². The minimum Gasteiger partial charge on any atom is -0.478 e. The summed E-state index contributed by atoms with van der Waals surface area (Å²) in [6.45, 7) is 0. The average Bonchev–Trinajstić information content (AvgIpc) is 2.25. The molecule has 19 heavy (non-hydrogen) atoms. The Hall–Kier alpha value is -1.93. The number of alkyl halides is 6. The van der Waals surface area contributed by atoms with Gasteiger partial charge in [0.1, 0.15) is 0 Å². The first-order valence-electron chi connectivity index (χ1n) is 4.69. The number of benzene rings is 1. The fourth-order valence-electron chi connectivity index (χ4n) is 1.30. The summed E-state index contributed by atoms with van der Waals surface area (Å²) in [7, 11) is 0. The molecule has 0 aliphatic carbocycles. The first kappa shape index (κ1) is 15.1. The van der Waals surface area contributed by atoms with Crippen LogP contribution >= 0.6 is 0 Å². The van der Waals surface area contributed by atoms with Crippen LogP contribution < -0.4 is 5.73 Å². The van der Waals surface area contributed by atoms with Gasteiger partial charge in [0.05, 0.1) is 5.56 Å². The lowest BCUT2D eigenvalue weighted by Crippen LogP contribution is -2.40. The van der Waals surface area contributed by atoms with Gasteiger partial charge >= 0.3 is 18.1 Å². The number of carbonyl (C=O) groups is 1. The number of carboxylic acid groups (broad SMARTS) is 1. The molecule has 1 aromatic rings. The van der Waals surface area contributed by atoms with E-state index in [4.69, 9.17) is 10.8 Å². The van der Waals surface area contributed by atoms with Gasteiger partial charge in [-0.2, -0.15) is 22.0 Å². The second-order valence-electron chi connectivity index (χ2n) is 3.68. The molecule has 0 bridgehead atoms. The summed E-state index contributed by atoms with van der Waals surface area (Å²) in [6, 6.07) is 1.71. The van der Waals surface area contributed by atoms with Gasteiger partial charge in [0.25, 0.3) is 0 Å². The Balaban J connectivity index is 3.27. The van der Waals surface area contributed by atoms with Gasteiger partial charge in [0.2, 0.25) is 0 Å². The zero-order chi connectivity index (χ0) is 15.0. The summed E-state index contributed by atoms with van der Waals surface area (Å²) in [4.78, 5) is 10.6. The van der Waals surface area contributed by atoms with Gasteiger partial charge in [0, 0.05) is 5.69 Å². The van der Waals surface area contributed by atoms with Crippen LogP contribution in [0.1, 0.15) is 22.1 Å². The number of hydrogen-bond acceptors (Lipinski definition) is 2. The van der Waals surface area contributed by atoms with Crippen LogP contribution in [0, 0.1) is 0 Å². The van der Waals surface area contributed by atoms with Gasteiger partial charge in [-0.05, 0) is 23.8 Å². The van der Waals surface area contributed by atoms with Crippen LogP contribution in [0.2, 0.25) is 0 Å². The van der Waals surface area contributed by atoms with E-state index in [0.29, 0.717) is 12.1 Å². The predicted octanol–water partition coefficient (Wildman–Crippen LogP) is 3.18. The van der Waals surface area contributed by atoms with Crippen LogP contribution in [0.3, 0.4) is 0 Å². The highest BCUT2D eigenvalue weighted by atomic mass is 19.4. The van der Waals surface area contributed by atoms with E-state index in [-0.39, 0.29) is 0 Å².